The van der Waals surface area contributed by atoms with Crippen LogP contribution < -0.4 is 19.7 Å². The molecule has 0 saturated heterocycles. The van der Waals surface area contributed by atoms with Crippen LogP contribution >= 0.6 is 0 Å². The lowest BCUT2D eigenvalue weighted by Crippen LogP contribution is -2.48. The first-order valence-electron chi connectivity index (χ1n) is 9.97. The zero-order valence-electron chi connectivity index (χ0n) is 17.4. The molecule has 1 heterocycles. The monoisotopic (exact) mass is 410 g/mol. The molecule has 1 aliphatic rings. The standard InChI is InChI=1S/C23H26N2O5/c1-4-5-20(26)17-8-11-21-19(12-17)25(23(28)15(2)30-21)14-22(27)24-13-16-6-9-18(29-3)10-7-16/h6-12,15H,4-5,13-14H2,1-3H3,(H,24,27). The molecule has 1 N–H and O–H groups in total. The van der Waals surface area contributed by atoms with Gasteiger partial charge in [0.05, 0.1) is 12.8 Å². The van der Waals surface area contributed by atoms with E-state index in [9.17, 15) is 14.4 Å². The summed E-state index contributed by atoms with van der Waals surface area (Å²) in [6.45, 7) is 3.76. The number of Topliss-reactive ketones (excluding diaryl/α,β-unsaturated/α-hetero) is 1. The molecular formula is C23H26N2O5. The first-order valence-corrected chi connectivity index (χ1v) is 9.97. The number of nitrogens with one attached hydrogen (secondary N) is 1. The highest BCUT2D eigenvalue weighted by molar-refractivity contribution is 6.05. The third-order valence-corrected chi connectivity index (χ3v) is 4.92. The summed E-state index contributed by atoms with van der Waals surface area (Å²) >= 11 is 0. The average molecular weight is 410 g/mol. The molecule has 1 aliphatic heterocycles. The molecule has 2 aromatic rings. The Morgan fingerprint density at radius 2 is 1.90 bits per heavy atom. The fourth-order valence-electron chi connectivity index (χ4n) is 3.26. The average Bonchev–Trinajstić information content (AvgIpc) is 2.75. The molecule has 30 heavy (non-hydrogen) atoms. The molecule has 158 valence electrons. The summed E-state index contributed by atoms with van der Waals surface area (Å²) in [5.41, 5.74) is 1.86. The van der Waals surface area contributed by atoms with Crippen LogP contribution in [-0.4, -0.2) is 37.4 Å². The number of rotatable bonds is 8. The van der Waals surface area contributed by atoms with Crippen LogP contribution in [0, 0.1) is 0 Å². The smallest absolute Gasteiger partial charge is 0.268 e. The Morgan fingerprint density at radius 1 is 1.17 bits per heavy atom. The molecule has 0 fully saturated rings. The topological polar surface area (TPSA) is 84.9 Å². The number of anilines is 1. The minimum Gasteiger partial charge on any atom is -0.497 e. The van der Waals surface area contributed by atoms with Crippen LogP contribution in [0.5, 0.6) is 11.5 Å². The maximum atomic E-state index is 12.7. The molecular weight excluding hydrogens is 384 g/mol. The van der Waals surface area contributed by atoms with Gasteiger partial charge in [0, 0.05) is 18.5 Å². The van der Waals surface area contributed by atoms with Crippen LogP contribution in [0.15, 0.2) is 42.5 Å². The second-order valence-electron chi connectivity index (χ2n) is 7.16. The van der Waals surface area contributed by atoms with Crippen LogP contribution in [-0.2, 0) is 16.1 Å². The van der Waals surface area contributed by atoms with E-state index in [-0.39, 0.29) is 24.1 Å². The lowest BCUT2D eigenvalue weighted by molar-refractivity contribution is -0.128. The van der Waals surface area contributed by atoms with Crippen molar-refractivity contribution in [3.63, 3.8) is 0 Å². The van der Waals surface area contributed by atoms with Crippen molar-refractivity contribution in [1.82, 2.24) is 5.32 Å². The molecule has 0 aromatic heterocycles. The number of carbonyl (C=O) groups is 3. The Balaban J connectivity index is 1.73. The maximum absolute atomic E-state index is 12.7. The van der Waals surface area contributed by atoms with E-state index in [2.05, 4.69) is 5.32 Å². The van der Waals surface area contributed by atoms with Crippen molar-refractivity contribution in [2.45, 2.75) is 39.3 Å². The van der Waals surface area contributed by atoms with Crippen molar-refractivity contribution in [2.75, 3.05) is 18.6 Å². The molecule has 0 spiro atoms. The number of hydrogen-bond acceptors (Lipinski definition) is 5. The number of methoxy groups -OCH3 is 1. The number of amides is 2. The van der Waals surface area contributed by atoms with Crippen molar-refractivity contribution in [3.05, 3.63) is 53.6 Å². The third-order valence-electron chi connectivity index (χ3n) is 4.92. The normalized spacial score (nSPS) is 15.2. The van der Waals surface area contributed by atoms with Crippen molar-refractivity contribution in [2.24, 2.45) is 0 Å². The van der Waals surface area contributed by atoms with Gasteiger partial charge >= 0.3 is 0 Å². The van der Waals surface area contributed by atoms with E-state index in [4.69, 9.17) is 9.47 Å². The molecule has 0 bridgehead atoms. The van der Waals surface area contributed by atoms with Gasteiger partial charge in [-0.1, -0.05) is 19.1 Å². The van der Waals surface area contributed by atoms with Crippen LogP contribution in [0.1, 0.15) is 42.6 Å². The molecule has 0 aliphatic carbocycles. The van der Waals surface area contributed by atoms with Gasteiger partial charge in [-0.15, -0.1) is 0 Å². The van der Waals surface area contributed by atoms with Gasteiger partial charge in [0.1, 0.15) is 18.0 Å². The van der Waals surface area contributed by atoms with Crippen molar-refractivity contribution in [3.8, 4) is 11.5 Å². The van der Waals surface area contributed by atoms with Gasteiger partial charge in [-0.25, -0.2) is 0 Å². The highest BCUT2D eigenvalue weighted by Gasteiger charge is 2.33. The van der Waals surface area contributed by atoms with E-state index in [1.165, 1.54) is 4.90 Å². The highest BCUT2D eigenvalue weighted by atomic mass is 16.5. The largest absolute Gasteiger partial charge is 0.497 e. The second kappa shape index (κ2) is 9.43. The van der Waals surface area contributed by atoms with Gasteiger partial charge in [-0.2, -0.15) is 0 Å². The summed E-state index contributed by atoms with van der Waals surface area (Å²) in [4.78, 5) is 38.9. The second-order valence-corrected chi connectivity index (χ2v) is 7.16. The molecule has 7 nitrogen and oxygen atoms in total. The molecule has 1 unspecified atom stereocenters. The van der Waals surface area contributed by atoms with Crippen LogP contribution in [0.2, 0.25) is 0 Å². The molecule has 7 heteroatoms. The lowest BCUT2D eigenvalue weighted by Gasteiger charge is -2.32. The Kier molecular flexibility index (Phi) is 6.72. The van der Waals surface area contributed by atoms with Crippen molar-refractivity contribution < 1.29 is 23.9 Å². The lowest BCUT2D eigenvalue weighted by atomic mass is 10.0. The van der Waals surface area contributed by atoms with Gasteiger partial charge in [0.25, 0.3) is 5.91 Å². The zero-order valence-corrected chi connectivity index (χ0v) is 17.4. The quantitative estimate of drug-likeness (QED) is 0.676. The summed E-state index contributed by atoms with van der Waals surface area (Å²) in [6.07, 6.45) is 0.454. The molecule has 2 aromatic carbocycles. The summed E-state index contributed by atoms with van der Waals surface area (Å²) < 4.78 is 10.8. The van der Waals surface area contributed by atoms with Gasteiger partial charge < -0.3 is 14.8 Å². The summed E-state index contributed by atoms with van der Waals surface area (Å²) in [6, 6.07) is 12.4. The van der Waals surface area contributed by atoms with Gasteiger partial charge in [-0.05, 0) is 49.2 Å². The Bertz CT molecular complexity index is 939. The summed E-state index contributed by atoms with van der Waals surface area (Å²) in [5.74, 6) is 0.600. The van der Waals surface area contributed by atoms with Gasteiger partial charge in [0.2, 0.25) is 5.91 Å². The van der Waals surface area contributed by atoms with E-state index < -0.39 is 6.10 Å². The number of hydrogen-bond donors (Lipinski definition) is 1. The third kappa shape index (κ3) is 4.79. The first-order chi connectivity index (χ1) is 14.4. The molecule has 0 radical (unpaired) electrons. The van der Waals surface area contributed by atoms with Crippen molar-refractivity contribution >= 4 is 23.3 Å². The summed E-state index contributed by atoms with van der Waals surface area (Å²) in [5, 5.41) is 2.83. The van der Waals surface area contributed by atoms with Crippen LogP contribution in [0.3, 0.4) is 0 Å². The van der Waals surface area contributed by atoms with E-state index in [1.54, 1.807) is 32.2 Å². The summed E-state index contributed by atoms with van der Waals surface area (Å²) in [7, 11) is 1.59. The predicted octanol–water partition coefficient (Wildman–Crippen LogP) is 3.11. The van der Waals surface area contributed by atoms with E-state index in [0.29, 0.717) is 30.0 Å². The SMILES string of the molecule is CCCC(=O)c1ccc2c(c1)N(CC(=O)NCc1ccc(OC)cc1)C(=O)C(C)O2. The van der Waals surface area contributed by atoms with Gasteiger partial charge in [0.15, 0.2) is 11.9 Å². The highest BCUT2D eigenvalue weighted by Crippen LogP contribution is 2.35. The number of ketones is 1. The van der Waals surface area contributed by atoms with Gasteiger partial charge in [-0.3, -0.25) is 19.3 Å². The van der Waals surface area contributed by atoms with Crippen molar-refractivity contribution in [1.29, 1.82) is 0 Å². The molecule has 1 atom stereocenters. The maximum Gasteiger partial charge on any atom is 0.268 e. The van der Waals surface area contributed by atoms with E-state index >= 15 is 0 Å². The fourth-order valence-corrected chi connectivity index (χ4v) is 3.26. The molecule has 2 amide bonds. The van der Waals surface area contributed by atoms with E-state index in [0.717, 1.165) is 17.7 Å². The fraction of sp³-hybridized carbons (Fsp3) is 0.348. The minimum atomic E-state index is -0.705. The number of nitrogens with zero attached hydrogens (tertiary/aromatic N) is 1. The Hall–Kier alpha value is -3.35. The first kappa shape index (κ1) is 21.4. The number of benzene rings is 2. The Morgan fingerprint density at radius 3 is 2.57 bits per heavy atom. The van der Waals surface area contributed by atoms with Crippen LogP contribution in [0.25, 0.3) is 0 Å². The zero-order chi connectivity index (χ0) is 21.7. The Labute approximate surface area is 176 Å². The molecule has 3 rings (SSSR count). The number of ether oxygens (including phenoxy) is 2. The predicted molar refractivity (Wildman–Crippen MR) is 113 cm³/mol. The minimum absolute atomic E-state index is 0.00437. The van der Waals surface area contributed by atoms with E-state index in [1.807, 2.05) is 31.2 Å². The number of fused-ring (bicyclic) bond motifs is 1. The molecule has 0 saturated carbocycles. The number of carbonyl (C=O) groups excluding carboxylic acids is 3. The van der Waals surface area contributed by atoms with Crippen LogP contribution in [0.4, 0.5) is 5.69 Å².